The molecule has 1 heterocycles. The first-order valence-electron chi connectivity index (χ1n) is 8.64. The van der Waals surface area contributed by atoms with E-state index in [-0.39, 0.29) is 21.0 Å². The van der Waals surface area contributed by atoms with E-state index in [1.54, 1.807) is 12.1 Å². The number of rotatable bonds is 5. The average Bonchev–Trinajstić information content (AvgIpc) is 3.24. The first kappa shape index (κ1) is 20.4. The second kappa shape index (κ2) is 8.34. The van der Waals surface area contributed by atoms with E-state index in [0.29, 0.717) is 24.3 Å². The predicted octanol–water partition coefficient (Wildman–Crippen LogP) is 2.11. The Morgan fingerprint density at radius 1 is 1.18 bits per heavy atom. The lowest BCUT2D eigenvalue weighted by Gasteiger charge is -2.17. The number of anilines is 1. The summed E-state index contributed by atoms with van der Waals surface area (Å²) in [4.78, 5) is 0.392. The molecule has 0 radical (unpaired) electrons. The molecule has 1 saturated heterocycles. The number of nitrogens with one attached hydrogen (secondary N) is 1. The van der Waals surface area contributed by atoms with Crippen LogP contribution in [-0.4, -0.2) is 41.0 Å². The summed E-state index contributed by atoms with van der Waals surface area (Å²) in [7, 11) is -3.57. The minimum Gasteiger partial charge on any atom is -0.364 e. The fraction of sp³-hybridized carbons (Fsp3) is 0.263. The molecular weight excluding hydrogens is 398 g/mol. The fourth-order valence-electron chi connectivity index (χ4n) is 3.03. The van der Waals surface area contributed by atoms with Crippen molar-refractivity contribution in [2.75, 3.05) is 18.4 Å². The second-order valence-electron chi connectivity index (χ2n) is 6.38. The number of nitrogens with zero attached hydrogens (tertiary/aromatic N) is 2. The fourth-order valence-corrected chi connectivity index (χ4v) is 4.83. The zero-order valence-electron chi connectivity index (χ0n) is 14.9. The van der Waals surface area contributed by atoms with Crippen molar-refractivity contribution in [1.82, 2.24) is 4.31 Å². The van der Waals surface area contributed by atoms with E-state index in [2.05, 4.69) is 5.32 Å². The predicted molar refractivity (Wildman–Crippen MR) is 108 cm³/mol. The molecule has 2 aromatic carbocycles. The van der Waals surface area contributed by atoms with Gasteiger partial charge in [-0.3, -0.25) is 0 Å². The summed E-state index contributed by atoms with van der Waals surface area (Å²) >= 11 is 5.38. The second-order valence-corrected chi connectivity index (χ2v) is 8.73. The lowest BCUT2D eigenvalue weighted by molar-refractivity contribution is -0.0419. The highest BCUT2D eigenvalue weighted by Crippen LogP contribution is 2.25. The van der Waals surface area contributed by atoms with Crippen LogP contribution in [0, 0.1) is 11.3 Å². The van der Waals surface area contributed by atoms with Crippen molar-refractivity contribution in [3.8, 4) is 6.07 Å². The van der Waals surface area contributed by atoms with Crippen LogP contribution in [0.25, 0.3) is 0 Å². The van der Waals surface area contributed by atoms with Crippen LogP contribution in [0.1, 0.15) is 35.8 Å². The lowest BCUT2D eigenvalue weighted by Crippen LogP contribution is -2.28. The van der Waals surface area contributed by atoms with Gasteiger partial charge in [-0.2, -0.15) is 9.57 Å². The highest BCUT2D eigenvalue weighted by Gasteiger charge is 2.27. The number of benzene rings is 2. The molecule has 1 fully saturated rings. The molecule has 28 heavy (non-hydrogen) atoms. The first-order chi connectivity index (χ1) is 13.3. The molecule has 0 spiro atoms. The van der Waals surface area contributed by atoms with E-state index in [9.17, 15) is 18.6 Å². The molecule has 3 N–H and O–H groups in total. The van der Waals surface area contributed by atoms with Gasteiger partial charge in [-0.25, -0.2) is 8.42 Å². The van der Waals surface area contributed by atoms with Crippen molar-refractivity contribution >= 4 is 32.9 Å². The Bertz CT molecular complexity index is 1040. The highest BCUT2D eigenvalue weighted by atomic mass is 32.2. The normalized spacial score (nSPS) is 14.8. The standard InChI is InChI=1S/C19H19N3O4S2/c20-12-13-6-7-17(16(10-13)19(23)24)21-18(27)14-4-3-5-15(11-14)28(25,26)22-8-1-2-9-22/h3-7,10-11,19,23-24H,1-2,8-9H2,(H,21,27). The zero-order chi connectivity index (χ0) is 20.3. The van der Waals surface area contributed by atoms with Gasteiger partial charge in [-0.1, -0.05) is 24.4 Å². The molecule has 3 rings (SSSR count). The van der Waals surface area contributed by atoms with Gasteiger partial charge in [0.2, 0.25) is 10.0 Å². The minimum atomic E-state index is -3.57. The highest BCUT2D eigenvalue weighted by molar-refractivity contribution is 7.89. The van der Waals surface area contributed by atoms with Crippen molar-refractivity contribution in [3.63, 3.8) is 0 Å². The molecule has 0 unspecified atom stereocenters. The van der Waals surface area contributed by atoms with Crippen LogP contribution in [0.15, 0.2) is 47.4 Å². The third-order valence-corrected chi connectivity index (χ3v) is 6.74. The lowest BCUT2D eigenvalue weighted by atomic mass is 10.1. The number of thiocarbonyl (C=S) groups is 1. The Balaban J connectivity index is 1.87. The molecule has 0 atom stereocenters. The third kappa shape index (κ3) is 4.22. The summed E-state index contributed by atoms with van der Waals surface area (Å²) in [6, 6.07) is 12.6. The Hall–Kier alpha value is -2.35. The Labute approximate surface area is 168 Å². The van der Waals surface area contributed by atoms with Gasteiger partial charge >= 0.3 is 0 Å². The molecule has 2 aromatic rings. The van der Waals surface area contributed by atoms with Crippen molar-refractivity contribution in [1.29, 1.82) is 5.26 Å². The Morgan fingerprint density at radius 2 is 1.89 bits per heavy atom. The van der Waals surface area contributed by atoms with E-state index in [1.165, 1.54) is 34.6 Å². The number of hydrogen-bond donors (Lipinski definition) is 3. The van der Waals surface area contributed by atoms with E-state index in [4.69, 9.17) is 17.5 Å². The molecule has 1 aliphatic heterocycles. The van der Waals surface area contributed by atoms with Crippen LogP contribution in [0.2, 0.25) is 0 Å². The number of aliphatic hydroxyl groups is 2. The van der Waals surface area contributed by atoms with Gasteiger partial charge in [0.15, 0.2) is 6.29 Å². The average molecular weight is 418 g/mol. The van der Waals surface area contributed by atoms with Crippen molar-refractivity contribution in [2.45, 2.75) is 24.0 Å². The number of hydrogen-bond acceptors (Lipinski definition) is 6. The van der Waals surface area contributed by atoms with Gasteiger partial charge < -0.3 is 15.5 Å². The maximum Gasteiger partial charge on any atom is 0.243 e. The van der Waals surface area contributed by atoms with Gasteiger partial charge in [0.25, 0.3) is 0 Å². The number of nitriles is 1. The summed E-state index contributed by atoms with van der Waals surface area (Å²) in [5.74, 6) is 0. The van der Waals surface area contributed by atoms with Gasteiger partial charge in [0.05, 0.1) is 16.5 Å². The van der Waals surface area contributed by atoms with Crippen LogP contribution < -0.4 is 5.32 Å². The quantitative estimate of drug-likeness (QED) is 0.504. The maximum atomic E-state index is 12.7. The number of aliphatic hydroxyl groups excluding tert-OH is 1. The molecule has 0 bridgehead atoms. The largest absolute Gasteiger partial charge is 0.364 e. The summed E-state index contributed by atoms with van der Waals surface area (Å²) in [6.45, 7) is 1.02. The van der Waals surface area contributed by atoms with Crippen molar-refractivity contribution in [3.05, 3.63) is 59.2 Å². The molecule has 7 nitrogen and oxygen atoms in total. The summed E-state index contributed by atoms with van der Waals surface area (Å²) in [5.41, 5.74) is 1.19. The van der Waals surface area contributed by atoms with E-state index >= 15 is 0 Å². The van der Waals surface area contributed by atoms with E-state index < -0.39 is 16.3 Å². The molecule has 0 saturated carbocycles. The smallest absolute Gasteiger partial charge is 0.243 e. The molecule has 9 heteroatoms. The molecule has 1 aliphatic rings. The van der Waals surface area contributed by atoms with Gasteiger partial charge in [-0.05, 0) is 43.2 Å². The van der Waals surface area contributed by atoms with Crippen LogP contribution in [0.5, 0.6) is 0 Å². The molecule has 146 valence electrons. The monoisotopic (exact) mass is 417 g/mol. The molecular formula is C19H19N3O4S2. The van der Waals surface area contributed by atoms with Crippen LogP contribution in [-0.2, 0) is 10.0 Å². The van der Waals surface area contributed by atoms with Gasteiger partial charge in [-0.15, -0.1) is 0 Å². The first-order valence-corrected chi connectivity index (χ1v) is 10.5. The third-order valence-electron chi connectivity index (χ3n) is 4.51. The molecule has 0 aromatic heterocycles. The van der Waals surface area contributed by atoms with Crippen molar-refractivity contribution in [2.24, 2.45) is 0 Å². The summed E-state index contributed by atoms with van der Waals surface area (Å²) in [6.07, 6.45) is -0.0892. The SMILES string of the molecule is N#Cc1ccc(NC(=S)c2cccc(S(=O)(=O)N3CCCC3)c2)c(C(O)O)c1. The molecule has 0 aliphatic carbocycles. The van der Waals surface area contributed by atoms with Gasteiger partial charge in [0.1, 0.15) is 4.99 Å². The maximum absolute atomic E-state index is 12.7. The van der Waals surface area contributed by atoms with E-state index in [0.717, 1.165) is 12.8 Å². The zero-order valence-corrected chi connectivity index (χ0v) is 16.5. The number of sulfonamides is 1. The minimum absolute atomic E-state index is 0.0993. The van der Waals surface area contributed by atoms with E-state index in [1.807, 2.05) is 6.07 Å². The molecule has 0 amide bonds. The summed E-state index contributed by atoms with van der Waals surface area (Å²) < 4.78 is 27.0. The van der Waals surface area contributed by atoms with Crippen LogP contribution in [0.4, 0.5) is 5.69 Å². The summed E-state index contributed by atoms with van der Waals surface area (Å²) in [5, 5.41) is 31.0. The topological polar surface area (TPSA) is 114 Å². The Kier molecular flexibility index (Phi) is 6.07. The van der Waals surface area contributed by atoms with Crippen LogP contribution >= 0.6 is 12.2 Å². The van der Waals surface area contributed by atoms with Crippen LogP contribution in [0.3, 0.4) is 0 Å². The van der Waals surface area contributed by atoms with Gasteiger partial charge in [0, 0.05) is 29.9 Å². The van der Waals surface area contributed by atoms with Crippen molar-refractivity contribution < 1.29 is 18.6 Å². The Morgan fingerprint density at radius 3 is 2.54 bits per heavy atom.